The van der Waals surface area contributed by atoms with Crippen LogP contribution in [0, 0.1) is 11.8 Å². The number of hydrogen-bond donors (Lipinski definition) is 16. The molecule has 1 rings (SSSR count). The first-order valence-corrected chi connectivity index (χ1v) is 22.8. The fourth-order valence-corrected chi connectivity index (χ4v) is 6.48. The number of rotatable bonds is 31. The van der Waals surface area contributed by atoms with Crippen molar-refractivity contribution in [2.24, 2.45) is 34.0 Å². The van der Waals surface area contributed by atoms with Crippen molar-refractivity contribution in [1.82, 2.24) is 42.5 Å². The number of aromatic hydroxyl groups is 1. The number of phenols is 1. The standard InChI is InChI=1S/C44H72N12O15/c1-20(2)17-29(52-36(63)22(5)49-37(64)27(45)9-8-16-48-44(46)47)39(66)50-23(6)35(62)51-28(14-15-32(60)61)38(65)56-34(24(7)58)42(69)54-31(19-57)41(68)53-30(18-25-10-12-26(59)13-11-25)40(67)55-33(21(3)4)43(70)71/h10-13,20-24,27-31,33-34,57-59H,8-9,14-19,45H2,1-7H3,(H,49,64)(H,50,66)(H,51,62)(H,52,63)(H,53,68)(H,54,69)(H,55,67)(H,56,65)(H,60,61)(H,70,71)(H4,46,47,48)/t22-,23-,24+,27-,28-,29-,30-,31-,33-,34-/m0/s1. The predicted octanol–water partition coefficient (Wildman–Crippen LogP) is -4.74. The van der Waals surface area contributed by atoms with E-state index >= 15 is 0 Å². The Kier molecular flexibility index (Phi) is 26.6. The number of carboxylic acids is 2. The van der Waals surface area contributed by atoms with Gasteiger partial charge in [0.15, 0.2) is 5.96 Å². The van der Waals surface area contributed by atoms with Crippen molar-refractivity contribution in [2.75, 3.05) is 13.2 Å². The van der Waals surface area contributed by atoms with Crippen LogP contribution in [-0.4, -0.2) is 164 Å². The molecule has 0 spiro atoms. The van der Waals surface area contributed by atoms with E-state index in [2.05, 4.69) is 47.5 Å². The van der Waals surface area contributed by atoms with Crippen LogP contribution >= 0.6 is 0 Å². The summed E-state index contributed by atoms with van der Waals surface area (Å²) in [6.07, 6.45) is -2.58. The van der Waals surface area contributed by atoms with Crippen LogP contribution in [0.5, 0.6) is 5.75 Å². The fraction of sp³-hybridized carbons (Fsp3) is 0.614. The zero-order chi connectivity index (χ0) is 54.3. The summed E-state index contributed by atoms with van der Waals surface area (Å²) in [5.41, 5.74) is 16.9. The summed E-state index contributed by atoms with van der Waals surface area (Å²) in [6.45, 7) is 9.39. The Morgan fingerprint density at radius 1 is 0.592 bits per heavy atom. The van der Waals surface area contributed by atoms with Crippen molar-refractivity contribution in [3.05, 3.63) is 29.8 Å². The second-order valence-electron chi connectivity index (χ2n) is 17.7. The van der Waals surface area contributed by atoms with Crippen molar-refractivity contribution in [1.29, 1.82) is 0 Å². The Hall–Kier alpha value is -7.13. The molecule has 0 heterocycles. The molecule has 0 fully saturated rings. The molecule has 0 aliphatic heterocycles. The number of phenolic OH excluding ortho intramolecular Hbond substituents is 1. The first-order chi connectivity index (χ1) is 33.1. The number of carbonyl (C=O) groups is 10. The van der Waals surface area contributed by atoms with E-state index < -0.39 is 145 Å². The molecule has 27 heteroatoms. The van der Waals surface area contributed by atoms with Gasteiger partial charge in [0, 0.05) is 19.4 Å². The minimum Gasteiger partial charge on any atom is -0.508 e. The lowest BCUT2D eigenvalue weighted by Gasteiger charge is -2.28. The van der Waals surface area contributed by atoms with Crippen molar-refractivity contribution < 1.29 is 73.5 Å². The fourth-order valence-electron chi connectivity index (χ4n) is 6.48. The molecule has 398 valence electrons. The van der Waals surface area contributed by atoms with Gasteiger partial charge in [0.2, 0.25) is 47.3 Å². The minimum absolute atomic E-state index is 0.0728. The molecule has 1 aromatic carbocycles. The number of carbonyl (C=O) groups excluding carboxylic acids is 8. The third kappa shape index (κ3) is 22.9. The SMILES string of the molecule is CC(C)C[C@H](NC(=O)[C@H](C)NC(=O)[C@@H](N)CCCN=C(N)N)C(=O)N[C@@H](C)C(=O)N[C@@H](CCC(=O)O)C(=O)N[C@H](C(=O)N[C@@H](CO)C(=O)N[C@@H](Cc1ccc(O)cc1)C(=O)N[C@H](C(=O)O)C(C)C)[C@@H](C)O. The maximum absolute atomic E-state index is 13.6. The number of aliphatic hydroxyl groups excluding tert-OH is 2. The van der Waals surface area contributed by atoms with E-state index in [0.717, 1.165) is 6.92 Å². The van der Waals surface area contributed by atoms with Gasteiger partial charge in [-0.1, -0.05) is 39.8 Å². The summed E-state index contributed by atoms with van der Waals surface area (Å²) >= 11 is 0. The lowest BCUT2D eigenvalue weighted by Crippen LogP contribution is -2.62. The number of guanidine groups is 1. The Bertz CT molecular complexity index is 2030. The van der Waals surface area contributed by atoms with E-state index in [1.54, 1.807) is 13.8 Å². The lowest BCUT2D eigenvalue weighted by molar-refractivity contribution is -0.143. The Morgan fingerprint density at radius 3 is 1.56 bits per heavy atom. The number of nitrogens with two attached hydrogens (primary N) is 3. The first kappa shape index (κ1) is 61.9. The average molecular weight is 1010 g/mol. The molecule has 0 aliphatic carbocycles. The number of aliphatic imine (C=N–C) groups is 1. The highest BCUT2D eigenvalue weighted by atomic mass is 16.4. The van der Waals surface area contributed by atoms with Crippen LogP contribution in [0.3, 0.4) is 0 Å². The molecule has 0 aromatic heterocycles. The van der Waals surface area contributed by atoms with E-state index in [9.17, 15) is 73.5 Å². The largest absolute Gasteiger partial charge is 0.508 e. The van der Waals surface area contributed by atoms with Gasteiger partial charge in [-0.3, -0.25) is 48.1 Å². The minimum atomic E-state index is -1.91. The maximum atomic E-state index is 13.6. The van der Waals surface area contributed by atoms with Gasteiger partial charge < -0.3 is 85.3 Å². The first-order valence-electron chi connectivity index (χ1n) is 22.8. The molecule has 0 bridgehead atoms. The van der Waals surface area contributed by atoms with E-state index in [1.807, 2.05) is 0 Å². The second-order valence-corrected chi connectivity index (χ2v) is 17.7. The van der Waals surface area contributed by atoms with Crippen LogP contribution in [0.4, 0.5) is 0 Å². The highest BCUT2D eigenvalue weighted by Gasteiger charge is 2.36. The van der Waals surface area contributed by atoms with Gasteiger partial charge in [-0.2, -0.15) is 0 Å². The Balaban J connectivity index is 3.18. The van der Waals surface area contributed by atoms with Gasteiger partial charge in [0.1, 0.15) is 54.1 Å². The Morgan fingerprint density at radius 2 is 1.07 bits per heavy atom. The van der Waals surface area contributed by atoms with Gasteiger partial charge in [0.25, 0.3) is 0 Å². The lowest BCUT2D eigenvalue weighted by atomic mass is 10.0. The number of carboxylic acid groups (broad SMARTS) is 2. The van der Waals surface area contributed by atoms with Crippen LogP contribution in [0.2, 0.25) is 0 Å². The van der Waals surface area contributed by atoms with Gasteiger partial charge in [-0.25, -0.2) is 4.79 Å². The third-order valence-corrected chi connectivity index (χ3v) is 10.5. The van der Waals surface area contributed by atoms with Crippen molar-refractivity contribution in [2.45, 2.75) is 147 Å². The quantitative estimate of drug-likeness (QED) is 0.0189. The molecule has 0 aliphatic rings. The summed E-state index contributed by atoms with van der Waals surface area (Å²) in [4.78, 5) is 134. The van der Waals surface area contributed by atoms with Gasteiger partial charge in [-0.15, -0.1) is 0 Å². The van der Waals surface area contributed by atoms with E-state index in [-0.39, 0.29) is 43.4 Å². The number of benzene rings is 1. The molecule has 8 amide bonds. The van der Waals surface area contributed by atoms with Crippen LogP contribution in [0.25, 0.3) is 0 Å². The summed E-state index contributed by atoms with van der Waals surface area (Å²) in [5, 5.41) is 68.3. The smallest absolute Gasteiger partial charge is 0.326 e. The number of aliphatic hydroxyl groups is 2. The van der Waals surface area contributed by atoms with Crippen LogP contribution < -0.4 is 59.7 Å². The summed E-state index contributed by atoms with van der Waals surface area (Å²) < 4.78 is 0. The normalized spacial score (nSPS) is 15.3. The van der Waals surface area contributed by atoms with E-state index in [0.29, 0.717) is 12.0 Å². The molecule has 10 atom stereocenters. The molecule has 0 saturated heterocycles. The molecular weight excluding hydrogens is 937 g/mol. The van der Waals surface area contributed by atoms with E-state index in [1.165, 1.54) is 52.0 Å². The predicted molar refractivity (Wildman–Crippen MR) is 254 cm³/mol. The van der Waals surface area contributed by atoms with E-state index in [4.69, 9.17) is 17.2 Å². The van der Waals surface area contributed by atoms with Crippen molar-refractivity contribution in [3.63, 3.8) is 0 Å². The molecule has 0 radical (unpaired) electrons. The van der Waals surface area contributed by atoms with Gasteiger partial charge in [-0.05, 0) is 76.0 Å². The average Bonchev–Trinajstić information content (AvgIpc) is 3.28. The van der Waals surface area contributed by atoms with Crippen molar-refractivity contribution >= 4 is 65.2 Å². The molecule has 27 nitrogen and oxygen atoms in total. The maximum Gasteiger partial charge on any atom is 0.326 e. The van der Waals surface area contributed by atoms with Gasteiger partial charge in [0.05, 0.1) is 18.8 Å². The monoisotopic (exact) mass is 1010 g/mol. The molecule has 19 N–H and O–H groups in total. The molecule has 0 saturated carbocycles. The number of hydrogen-bond acceptors (Lipinski definition) is 15. The number of nitrogens with one attached hydrogen (secondary N) is 8. The summed E-state index contributed by atoms with van der Waals surface area (Å²) in [6, 6.07) is -7.67. The number of nitrogens with zero attached hydrogens (tertiary/aromatic N) is 1. The van der Waals surface area contributed by atoms with Gasteiger partial charge >= 0.3 is 11.9 Å². The van der Waals surface area contributed by atoms with Crippen LogP contribution in [0.1, 0.15) is 86.1 Å². The molecule has 0 unspecified atom stereocenters. The number of aliphatic carboxylic acids is 2. The highest BCUT2D eigenvalue weighted by Crippen LogP contribution is 2.13. The second kappa shape index (κ2) is 30.5. The van der Waals surface area contributed by atoms with Crippen LogP contribution in [-0.2, 0) is 54.4 Å². The number of amides is 8. The van der Waals surface area contributed by atoms with Crippen molar-refractivity contribution in [3.8, 4) is 5.75 Å². The van der Waals surface area contributed by atoms with Crippen LogP contribution in [0.15, 0.2) is 29.3 Å². The summed E-state index contributed by atoms with van der Waals surface area (Å²) in [7, 11) is 0. The summed E-state index contributed by atoms with van der Waals surface area (Å²) in [5.74, 6) is -11.5. The Labute approximate surface area is 410 Å². The molecule has 71 heavy (non-hydrogen) atoms. The highest BCUT2D eigenvalue weighted by molar-refractivity contribution is 5.98. The topological polar surface area (TPSA) is 459 Å². The molecule has 1 aromatic rings. The third-order valence-electron chi connectivity index (χ3n) is 10.5. The molecular formula is C44H72N12O15. The zero-order valence-corrected chi connectivity index (χ0v) is 40.9. The zero-order valence-electron chi connectivity index (χ0n) is 40.9.